The molecule has 1 fully saturated rings. The molecule has 0 aromatic heterocycles. The fraction of sp³-hybridized carbons (Fsp3) is 0.571. The molecule has 0 radical (unpaired) electrons. The molecular weight excluding hydrogens is 345 g/mol. The molecule has 0 amide bonds. The summed E-state index contributed by atoms with van der Waals surface area (Å²) in [5.74, 6) is -0.634. The molecule has 0 spiro atoms. The van der Waals surface area contributed by atoms with Crippen LogP contribution in [0, 0.1) is 0 Å². The van der Waals surface area contributed by atoms with Gasteiger partial charge in [-0.1, -0.05) is 12.1 Å². The molecule has 1 atom stereocenters. The van der Waals surface area contributed by atoms with Crippen LogP contribution >= 0.6 is 0 Å². The largest absolute Gasteiger partial charge is 0.461 e. The van der Waals surface area contributed by atoms with Gasteiger partial charge in [-0.15, -0.1) is 0 Å². The fourth-order valence-corrected chi connectivity index (χ4v) is 2.47. The first-order valence-corrected chi connectivity index (χ1v) is 7.07. The number of halogens is 7. The Balaban J connectivity index is 2.19. The van der Waals surface area contributed by atoms with E-state index in [1.807, 2.05) is 0 Å². The van der Waals surface area contributed by atoms with Gasteiger partial charge in [0, 0.05) is 26.2 Å². The quantitative estimate of drug-likeness (QED) is 0.815. The van der Waals surface area contributed by atoms with E-state index < -0.39 is 30.5 Å². The zero-order valence-corrected chi connectivity index (χ0v) is 12.3. The van der Waals surface area contributed by atoms with Crippen LogP contribution in [0.4, 0.5) is 30.7 Å². The van der Waals surface area contributed by atoms with Gasteiger partial charge in [0.05, 0.1) is 0 Å². The molecule has 1 N–H and O–H groups in total. The molecule has 0 aliphatic carbocycles. The minimum absolute atomic E-state index is 0.169. The van der Waals surface area contributed by atoms with Crippen molar-refractivity contribution in [2.24, 2.45) is 0 Å². The number of rotatable bonds is 5. The third-order valence-corrected chi connectivity index (χ3v) is 3.53. The van der Waals surface area contributed by atoms with Crippen LogP contribution in [0.15, 0.2) is 24.3 Å². The minimum Gasteiger partial charge on any atom is -0.428 e. The second-order valence-electron chi connectivity index (χ2n) is 5.26. The summed E-state index contributed by atoms with van der Waals surface area (Å²) in [6, 6.07) is 1.66. The summed E-state index contributed by atoms with van der Waals surface area (Å²) in [5.41, 5.74) is -0.169. The average molecular weight is 360 g/mol. The Kier molecular flexibility index (Phi) is 5.59. The van der Waals surface area contributed by atoms with Crippen LogP contribution in [-0.2, 0) is 0 Å². The van der Waals surface area contributed by atoms with Gasteiger partial charge in [0.2, 0.25) is 0 Å². The van der Waals surface area contributed by atoms with Crippen molar-refractivity contribution < 1.29 is 35.5 Å². The highest BCUT2D eigenvalue weighted by Gasteiger charge is 2.46. The van der Waals surface area contributed by atoms with Crippen molar-refractivity contribution >= 4 is 0 Å². The first-order chi connectivity index (χ1) is 11.1. The van der Waals surface area contributed by atoms with Gasteiger partial charge in [-0.2, -0.15) is 30.7 Å². The monoisotopic (exact) mass is 360 g/mol. The Morgan fingerprint density at radius 3 is 1.96 bits per heavy atom. The maximum atomic E-state index is 13.4. The first kappa shape index (κ1) is 18.8. The fourth-order valence-electron chi connectivity index (χ4n) is 2.47. The number of ether oxygens (including phenoxy) is 1. The summed E-state index contributed by atoms with van der Waals surface area (Å²) >= 11 is 0. The van der Waals surface area contributed by atoms with Gasteiger partial charge >= 0.3 is 18.7 Å². The van der Waals surface area contributed by atoms with E-state index in [0.29, 0.717) is 13.1 Å². The van der Waals surface area contributed by atoms with Crippen LogP contribution in [0.25, 0.3) is 0 Å². The summed E-state index contributed by atoms with van der Waals surface area (Å²) in [4.78, 5) is 1.22. The molecule has 136 valence electrons. The summed E-state index contributed by atoms with van der Waals surface area (Å²) in [5, 5.41) is 2.93. The van der Waals surface area contributed by atoms with E-state index in [9.17, 15) is 30.7 Å². The number of nitrogens with zero attached hydrogens (tertiary/aromatic N) is 1. The lowest BCUT2D eigenvalue weighted by Crippen LogP contribution is -2.49. The lowest BCUT2D eigenvalue weighted by atomic mass is 10.0. The van der Waals surface area contributed by atoms with Crippen molar-refractivity contribution in [3.8, 4) is 5.75 Å². The molecule has 2 rings (SSSR count). The SMILES string of the molecule is FC(F)C(F)(F)Oc1ccc([C@H](N2CCNCC2)C(F)(F)F)cc1. The van der Waals surface area contributed by atoms with Gasteiger partial charge in [-0.3, -0.25) is 4.90 Å². The van der Waals surface area contributed by atoms with E-state index in [1.54, 1.807) is 0 Å². The highest BCUT2D eigenvalue weighted by Crippen LogP contribution is 2.38. The van der Waals surface area contributed by atoms with E-state index in [-0.39, 0.29) is 18.7 Å². The topological polar surface area (TPSA) is 24.5 Å². The van der Waals surface area contributed by atoms with Gasteiger partial charge in [-0.05, 0) is 17.7 Å². The minimum atomic E-state index is -4.70. The number of alkyl halides is 7. The van der Waals surface area contributed by atoms with Crippen LogP contribution in [0.2, 0.25) is 0 Å². The molecule has 1 saturated heterocycles. The van der Waals surface area contributed by atoms with Crippen LogP contribution in [0.3, 0.4) is 0 Å². The summed E-state index contributed by atoms with van der Waals surface area (Å²) in [6.07, 6.45) is -13.3. The smallest absolute Gasteiger partial charge is 0.428 e. The Morgan fingerprint density at radius 2 is 1.50 bits per heavy atom. The van der Waals surface area contributed by atoms with Crippen molar-refractivity contribution in [2.45, 2.75) is 24.8 Å². The number of piperazine rings is 1. The highest BCUT2D eigenvalue weighted by atomic mass is 19.4. The number of benzene rings is 1. The Hall–Kier alpha value is -1.55. The second-order valence-corrected chi connectivity index (χ2v) is 5.26. The summed E-state index contributed by atoms with van der Waals surface area (Å²) < 4.78 is 93.7. The highest BCUT2D eigenvalue weighted by molar-refractivity contribution is 5.30. The van der Waals surface area contributed by atoms with Gasteiger partial charge < -0.3 is 10.1 Å². The van der Waals surface area contributed by atoms with Gasteiger partial charge in [0.15, 0.2) is 0 Å². The molecule has 0 unspecified atom stereocenters. The maximum Gasteiger partial charge on any atom is 0.461 e. The molecule has 1 heterocycles. The van der Waals surface area contributed by atoms with Crippen LogP contribution in [0.5, 0.6) is 5.75 Å². The molecule has 0 bridgehead atoms. The van der Waals surface area contributed by atoms with E-state index in [4.69, 9.17) is 0 Å². The maximum absolute atomic E-state index is 13.4. The van der Waals surface area contributed by atoms with E-state index in [1.165, 1.54) is 4.90 Å². The molecule has 10 heteroatoms. The molecule has 1 aromatic carbocycles. The normalized spacial score (nSPS) is 18.7. The molecular formula is C14H15F7N2O. The predicted octanol–water partition coefficient (Wildman–Crippen LogP) is 3.43. The average Bonchev–Trinajstić information content (AvgIpc) is 2.48. The Labute approximate surface area is 133 Å². The van der Waals surface area contributed by atoms with Crippen LogP contribution < -0.4 is 10.1 Å². The molecule has 3 nitrogen and oxygen atoms in total. The lowest BCUT2D eigenvalue weighted by Gasteiger charge is -2.36. The second kappa shape index (κ2) is 7.14. The van der Waals surface area contributed by atoms with Crippen molar-refractivity contribution in [1.29, 1.82) is 0 Å². The van der Waals surface area contributed by atoms with Gasteiger partial charge in [0.25, 0.3) is 0 Å². The van der Waals surface area contributed by atoms with Gasteiger partial charge in [-0.25, -0.2) is 0 Å². The Morgan fingerprint density at radius 1 is 0.958 bits per heavy atom. The van der Waals surface area contributed by atoms with E-state index in [0.717, 1.165) is 24.3 Å². The predicted molar refractivity (Wildman–Crippen MR) is 71.3 cm³/mol. The van der Waals surface area contributed by atoms with Crippen LogP contribution in [0.1, 0.15) is 11.6 Å². The summed E-state index contributed by atoms with van der Waals surface area (Å²) in [7, 11) is 0. The van der Waals surface area contributed by atoms with Crippen LogP contribution in [-0.4, -0.2) is 49.8 Å². The van der Waals surface area contributed by atoms with Crippen molar-refractivity contribution in [3.05, 3.63) is 29.8 Å². The van der Waals surface area contributed by atoms with Gasteiger partial charge in [0.1, 0.15) is 11.8 Å². The van der Waals surface area contributed by atoms with Crippen molar-refractivity contribution in [1.82, 2.24) is 10.2 Å². The molecule has 24 heavy (non-hydrogen) atoms. The zero-order chi connectivity index (χ0) is 18.0. The molecule has 1 aliphatic rings. The zero-order valence-electron chi connectivity index (χ0n) is 12.3. The number of hydrogen-bond donors (Lipinski definition) is 1. The first-order valence-electron chi connectivity index (χ1n) is 7.07. The third-order valence-electron chi connectivity index (χ3n) is 3.53. The lowest BCUT2D eigenvalue weighted by molar-refractivity contribution is -0.253. The summed E-state index contributed by atoms with van der Waals surface area (Å²) in [6.45, 7) is 1.14. The van der Waals surface area contributed by atoms with Crippen molar-refractivity contribution in [3.63, 3.8) is 0 Å². The standard InChI is InChI=1S/C14H15F7N2O/c15-12(16)14(20,21)24-10-3-1-9(2-4-10)11(13(17,18)19)23-7-5-22-6-8-23/h1-4,11-12,22H,5-8H2/t11-/m0/s1. The third kappa shape index (κ3) is 4.50. The molecule has 0 saturated carbocycles. The van der Waals surface area contributed by atoms with E-state index in [2.05, 4.69) is 10.1 Å². The van der Waals surface area contributed by atoms with E-state index >= 15 is 0 Å². The van der Waals surface area contributed by atoms with Crippen molar-refractivity contribution in [2.75, 3.05) is 26.2 Å². The Bertz CT molecular complexity index is 527. The molecule has 1 aromatic rings. The number of nitrogens with one attached hydrogen (secondary N) is 1. The molecule has 1 aliphatic heterocycles. The number of hydrogen-bond acceptors (Lipinski definition) is 3.